The average Bonchev–Trinajstić information content (AvgIpc) is 2.37. The second kappa shape index (κ2) is 6.47. The lowest BCUT2D eigenvalue weighted by Crippen LogP contribution is -2.50. The Morgan fingerprint density at radius 2 is 2.10 bits per heavy atom. The molecule has 0 bridgehead atoms. The molecule has 0 radical (unpaired) electrons. The van der Waals surface area contributed by atoms with E-state index in [0.29, 0.717) is 0 Å². The number of fused-ring (bicyclic) bond motifs is 1. The van der Waals surface area contributed by atoms with Crippen molar-refractivity contribution in [2.45, 2.75) is 25.8 Å². The highest BCUT2D eigenvalue weighted by Crippen LogP contribution is 2.32. The van der Waals surface area contributed by atoms with Crippen LogP contribution in [0.3, 0.4) is 0 Å². The Labute approximate surface area is 123 Å². The molecule has 6 nitrogen and oxygen atoms in total. The van der Waals surface area contributed by atoms with Crippen LogP contribution in [0.1, 0.15) is 18.9 Å². The second-order valence-corrected chi connectivity index (χ2v) is 4.67. The van der Waals surface area contributed by atoms with E-state index in [1.165, 1.54) is 0 Å². The number of urea groups is 1. The van der Waals surface area contributed by atoms with Gasteiger partial charge in [0.15, 0.2) is 0 Å². The predicted molar refractivity (Wildman–Crippen MR) is 81.0 cm³/mol. The molecule has 1 atom stereocenters. The third-order valence-electron chi connectivity index (χ3n) is 3.42. The quantitative estimate of drug-likeness (QED) is 0.710. The molecule has 1 aromatic rings. The average molecular weight is 299 g/mol. The number of imide groups is 1. The van der Waals surface area contributed by atoms with E-state index in [2.05, 4.69) is 5.32 Å². The van der Waals surface area contributed by atoms with Crippen molar-refractivity contribution < 1.29 is 9.59 Å². The summed E-state index contributed by atoms with van der Waals surface area (Å²) in [5, 5.41) is 2.11. The highest BCUT2D eigenvalue weighted by Gasteiger charge is 2.27. The Balaban J connectivity index is 0.00000200. The molecule has 0 fully saturated rings. The zero-order chi connectivity index (χ0) is 14.0. The summed E-state index contributed by atoms with van der Waals surface area (Å²) in [5.41, 5.74) is 13.7. The third-order valence-corrected chi connectivity index (χ3v) is 3.42. The third kappa shape index (κ3) is 3.14. The standard InChI is InChI=1S/C13H18N4O2.ClH/c1-8(12(18)16-13(15)19)17-7-3-4-9-10(14)5-2-6-11(9)17;/h2,5-6,8H,3-4,7,14H2,1H3,(H3,15,16,18,19);1H. The first kappa shape index (κ1) is 16.1. The molecule has 5 N–H and O–H groups in total. The van der Waals surface area contributed by atoms with Crippen LogP contribution in [0.2, 0.25) is 0 Å². The Hall–Kier alpha value is -1.95. The molecule has 0 spiro atoms. The van der Waals surface area contributed by atoms with E-state index in [1.54, 1.807) is 6.92 Å². The lowest BCUT2D eigenvalue weighted by Gasteiger charge is -2.35. The van der Waals surface area contributed by atoms with Crippen molar-refractivity contribution >= 4 is 35.7 Å². The number of nitrogens with one attached hydrogen (secondary N) is 1. The Morgan fingerprint density at radius 3 is 2.75 bits per heavy atom. The minimum Gasteiger partial charge on any atom is -0.398 e. The molecule has 0 aliphatic carbocycles. The van der Waals surface area contributed by atoms with E-state index in [-0.39, 0.29) is 12.4 Å². The number of anilines is 2. The molecule has 110 valence electrons. The van der Waals surface area contributed by atoms with Crippen LogP contribution in [0.5, 0.6) is 0 Å². The van der Waals surface area contributed by atoms with E-state index in [1.807, 2.05) is 23.1 Å². The summed E-state index contributed by atoms with van der Waals surface area (Å²) in [7, 11) is 0. The number of nitrogens with zero attached hydrogens (tertiary/aromatic N) is 1. The van der Waals surface area contributed by atoms with Crippen molar-refractivity contribution in [3.8, 4) is 0 Å². The normalized spacial score (nSPS) is 14.8. The van der Waals surface area contributed by atoms with Gasteiger partial charge in [0, 0.05) is 17.9 Å². The number of hydrogen-bond acceptors (Lipinski definition) is 4. The Bertz CT molecular complexity index is 521. The van der Waals surface area contributed by atoms with Crippen LogP contribution in [0.15, 0.2) is 18.2 Å². The van der Waals surface area contributed by atoms with Gasteiger partial charge in [0.25, 0.3) is 0 Å². The van der Waals surface area contributed by atoms with Gasteiger partial charge in [-0.2, -0.15) is 0 Å². The molecular weight excluding hydrogens is 280 g/mol. The summed E-state index contributed by atoms with van der Waals surface area (Å²) in [4.78, 5) is 24.6. The number of hydrogen-bond donors (Lipinski definition) is 3. The summed E-state index contributed by atoms with van der Waals surface area (Å²) < 4.78 is 0. The molecule has 0 saturated carbocycles. The molecular formula is C13H19ClN4O2. The van der Waals surface area contributed by atoms with E-state index >= 15 is 0 Å². The molecule has 0 saturated heterocycles. The first-order chi connectivity index (χ1) is 9.00. The number of nitrogen functional groups attached to an aromatic ring is 1. The first-order valence-corrected chi connectivity index (χ1v) is 6.25. The summed E-state index contributed by atoms with van der Waals surface area (Å²) >= 11 is 0. The summed E-state index contributed by atoms with van der Waals surface area (Å²) in [6.45, 7) is 2.50. The van der Waals surface area contributed by atoms with Gasteiger partial charge in [-0.15, -0.1) is 12.4 Å². The number of benzene rings is 1. The lowest BCUT2D eigenvalue weighted by atomic mass is 9.98. The fourth-order valence-corrected chi connectivity index (χ4v) is 2.45. The minimum absolute atomic E-state index is 0. The highest BCUT2D eigenvalue weighted by atomic mass is 35.5. The summed E-state index contributed by atoms with van der Waals surface area (Å²) in [6, 6.07) is 4.37. The summed E-state index contributed by atoms with van der Waals surface area (Å²) in [6.07, 6.45) is 1.83. The molecule has 20 heavy (non-hydrogen) atoms. The zero-order valence-electron chi connectivity index (χ0n) is 11.3. The van der Waals surface area contributed by atoms with Crippen LogP contribution < -0.4 is 21.7 Å². The number of primary amides is 1. The molecule has 0 aromatic heterocycles. The maximum atomic E-state index is 11.9. The predicted octanol–water partition coefficient (Wildman–Crippen LogP) is 1.03. The van der Waals surface area contributed by atoms with Crippen molar-refractivity contribution in [3.63, 3.8) is 0 Å². The van der Waals surface area contributed by atoms with Gasteiger partial charge in [-0.3, -0.25) is 10.1 Å². The van der Waals surface area contributed by atoms with Gasteiger partial charge in [-0.05, 0) is 37.5 Å². The molecule has 1 aliphatic heterocycles. The maximum Gasteiger partial charge on any atom is 0.318 e. The number of amides is 3. The van der Waals surface area contributed by atoms with Gasteiger partial charge in [0.2, 0.25) is 5.91 Å². The maximum absolute atomic E-state index is 11.9. The second-order valence-electron chi connectivity index (χ2n) is 4.67. The van der Waals surface area contributed by atoms with Crippen LogP contribution in [0.25, 0.3) is 0 Å². The number of carbonyl (C=O) groups is 2. The molecule has 1 heterocycles. The molecule has 2 rings (SSSR count). The SMILES string of the molecule is CC(C(=O)NC(N)=O)N1CCCc2c(N)cccc21.Cl. The van der Waals surface area contributed by atoms with Crippen molar-refractivity contribution in [3.05, 3.63) is 23.8 Å². The Morgan fingerprint density at radius 1 is 1.40 bits per heavy atom. The summed E-state index contributed by atoms with van der Waals surface area (Å²) in [5.74, 6) is -0.400. The van der Waals surface area contributed by atoms with Crippen LogP contribution in [0, 0.1) is 0 Å². The van der Waals surface area contributed by atoms with E-state index in [9.17, 15) is 9.59 Å². The van der Waals surface area contributed by atoms with Crippen LogP contribution in [-0.2, 0) is 11.2 Å². The van der Waals surface area contributed by atoms with Crippen LogP contribution in [0.4, 0.5) is 16.2 Å². The van der Waals surface area contributed by atoms with Gasteiger partial charge in [0.1, 0.15) is 6.04 Å². The highest BCUT2D eigenvalue weighted by molar-refractivity contribution is 5.97. The molecule has 3 amide bonds. The fourth-order valence-electron chi connectivity index (χ4n) is 2.45. The smallest absolute Gasteiger partial charge is 0.318 e. The van der Waals surface area contributed by atoms with Crippen molar-refractivity contribution in [2.24, 2.45) is 5.73 Å². The monoisotopic (exact) mass is 298 g/mol. The number of nitrogens with two attached hydrogens (primary N) is 2. The van der Waals surface area contributed by atoms with Crippen molar-refractivity contribution in [1.82, 2.24) is 5.32 Å². The number of rotatable bonds is 2. The van der Waals surface area contributed by atoms with Crippen LogP contribution >= 0.6 is 12.4 Å². The van der Waals surface area contributed by atoms with E-state index < -0.39 is 18.0 Å². The minimum atomic E-state index is -0.832. The Kier molecular flexibility index (Phi) is 5.21. The van der Waals surface area contributed by atoms with Crippen molar-refractivity contribution in [2.75, 3.05) is 17.2 Å². The zero-order valence-corrected chi connectivity index (χ0v) is 12.1. The first-order valence-electron chi connectivity index (χ1n) is 6.25. The van der Waals surface area contributed by atoms with Gasteiger partial charge in [-0.25, -0.2) is 4.79 Å². The van der Waals surface area contributed by atoms with E-state index in [4.69, 9.17) is 11.5 Å². The number of carbonyl (C=O) groups excluding carboxylic acids is 2. The van der Waals surface area contributed by atoms with Gasteiger partial charge in [-0.1, -0.05) is 6.07 Å². The topological polar surface area (TPSA) is 101 Å². The lowest BCUT2D eigenvalue weighted by molar-refractivity contribution is -0.120. The van der Waals surface area contributed by atoms with Gasteiger partial charge in [0.05, 0.1) is 0 Å². The molecule has 1 aromatic carbocycles. The fraction of sp³-hybridized carbons (Fsp3) is 0.385. The van der Waals surface area contributed by atoms with Gasteiger partial charge < -0.3 is 16.4 Å². The van der Waals surface area contributed by atoms with Crippen LogP contribution in [-0.4, -0.2) is 24.5 Å². The van der Waals surface area contributed by atoms with Crippen molar-refractivity contribution in [1.29, 1.82) is 0 Å². The van der Waals surface area contributed by atoms with E-state index in [0.717, 1.165) is 36.3 Å². The molecule has 1 unspecified atom stereocenters. The molecule has 1 aliphatic rings. The number of halogens is 1. The largest absolute Gasteiger partial charge is 0.398 e. The van der Waals surface area contributed by atoms with Gasteiger partial charge >= 0.3 is 6.03 Å². The molecule has 7 heteroatoms.